The van der Waals surface area contributed by atoms with E-state index in [-0.39, 0.29) is 37.1 Å². The first-order valence-electron chi connectivity index (χ1n) is 8.53. The Morgan fingerprint density at radius 3 is 1.38 bits per heavy atom. The van der Waals surface area contributed by atoms with E-state index in [1.54, 1.807) is 9.80 Å². The van der Waals surface area contributed by atoms with Gasteiger partial charge in [0.2, 0.25) is 11.8 Å². The molecule has 0 aromatic rings. The Kier molecular flexibility index (Phi) is 8.61. The van der Waals surface area contributed by atoms with Gasteiger partial charge in [-0.25, -0.2) is 0 Å². The summed E-state index contributed by atoms with van der Waals surface area (Å²) in [4.78, 5) is 32.2. The third-order valence-electron chi connectivity index (χ3n) is 4.85. The molecule has 0 aromatic carbocycles. The molecule has 0 aromatic heterocycles. The summed E-state index contributed by atoms with van der Waals surface area (Å²) in [5.74, 6) is 0.0620. The molecule has 1 saturated heterocycles. The lowest BCUT2D eigenvalue weighted by molar-refractivity contribution is -0.144. The van der Waals surface area contributed by atoms with Crippen molar-refractivity contribution in [2.75, 3.05) is 66.6 Å². The number of aliphatic hydroxyl groups is 2. The van der Waals surface area contributed by atoms with Gasteiger partial charge >= 0.3 is 0 Å². The highest BCUT2D eigenvalue weighted by molar-refractivity contribution is 5.83. The van der Waals surface area contributed by atoms with Crippen molar-refractivity contribution in [1.29, 1.82) is 0 Å². The molecule has 0 spiro atoms. The van der Waals surface area contributed by atoms with Gasteiger partial charge in [0.25, 0.3) is 0 Å². The van der Waals surface area contributed by atoms with E-state index in [1.807, 2.05) is 37.7 Å². The Labute approximate surface area is 144 Å². The Balaban J connectivity index is 2.51. The van der Waals surface area contributed by atoms with E-state index in [9.17, 15) is 9.59 Å². The topological polar surface area (TPSA) is 87.6 Å². The van der Waals surface area contributed by atoms with Crippen LogP contribution < -0.4 is 0 Å². The standard InChI is InChI=1S/C16H32N4O4/c1-13(17(3)9-11-21)15(23)19-5-7-20(8-6-19)16(24)14(2)18(4)10-12-22/h13-14,21-22H,5-12H2,1-4H3. The fourth-order valence-electron chi connectivity index (χ4n) is 2.76. The maximum Gasteiger partial charge on any atom is 0.239 e. The Morgan fingerprint density at radius 1 is 0.833 bits per heavy atom. The van der Waals surface area contributed by atoms with Crippen LogP contribution in [0.1, 0.15) is 13.8 Å². The largest absolute Gasteiger partial charge is 0.395 e. The van der Waals surface area contributed by atoms with Gasteiger partial charge in [0.15, 0.2) is 0 Å². The molecule has 1 heterocycles. The van der Waals surface area contributed by atoms with Crippen molar-refractivity contribution in [3.8, 4) is 0 Å². The molecular weight excluding hydrogens is 312 g/mol. The van der Waals surface area contributed by atoms with Crippen LogP contribution in [0.2, 0.25) is 0 Å². The van der Waals surface area contributed by atoms with Crippen LogP contribution in [0, 0.1) is 0 Å². The average Bonchev–Trinajstić information content (AvgIpc) is 2.59. The number of aliphatic hydroxyl groups excluding tert-OH is 2. The van der Waals surface area contributed by atoms with Crippen molar-refractivity contribution in [3.63, 3.8) is 0 Å². The van der Waals surface area contributed by atoms with E-state index in [1.165, 1.54) is 0 Å². The monoisotopic (exact) mass is 344 g/mol. The summed E-state index contributed by atoms with van der Waals surface area (Å²) in [6.45, 7) is 6.74. The van der Waals surface area contributed by atoms with E-state index in [0.717, 1.165) is 0 Å². The summed E-state index contributed by atoms with van der Waals surface area (Å²) in [5, 5.41) is 18.0. The van der Waals surface area contributed by atoms with Crippen LogP contribution in [0.15, 0.2) is 0 Å². The highest BCUT2D eigenvalue weighted by Crippen LogP contribution is 2.10. The highest BCUT2D eigenvalue weighted by atomic mass is 16.3. The van der Waals surface area contributed by atoms with E-state index >= 15 is 0 Å². The van der Waals surface area contributed by atoms with Crippen LogP contribution in [0.5, 0.6) is 0 Å². The van der Waals surface area contributed by atoms with Gasteiger partial charge in [-0.05, 0) is 27.9 Å². The van der Waals surface area contributed by atoms with Gasteiger partial charge in [0.05, 0.1) is 25.3 Å². The quantitative estimate of drug-likeness (QED) is 0.545. The SMILES string of the molecule is CC(C(=O)N1CCN(C(=O)C(C)N(C)CCO)CC1)N(C)CCO. The molecule has 2 atom stereocenters. The maximum atomic E-state index is 12.5. The van der Waals surface area contributed by atoms with Crippen LogP contribution in [0.3, 0.4) is 0 Å². The molecule has 0 aliphatic carbocycles. The number of carbonyl (C=O) groups excluding carboxylic acids is 2. The summed E-state index contributed by atoms with van der Waals surface area (Å²) in [6.07, 6.45) is 0. The number of likely N-dealkylation sites (N-methyl/N-ethyl adjacent to an activating group) is 2. The Hall–Kier alpha value is -1.22. The normalized spacial score (nSPS) is 18.2. The fourth-order valence-corrected chi connectivity index (χ4v) is 2.76. The van der Waals surface area contributed by atoms with Gasteiger partial charge in [-0.15, -0.1) is 0 Å². The van der Waals surface area contributed by atoms with Crippen molar-refractivity contribution in [3.05, 3.63) is 0 Å². The number of nitrogens with zero attached hydrogens (tertiary/aromatic N) is 4. The average molecular weight is 344 g/mol. The van der Waals surface area contributed by atoms with Crippen LogP contribution in [0.25, 0.3) is 0 Å². The second kappa shape index (κ2) is 9.93. The predicted molar refractivity (Wildman–Crippen MR) is 91.5 cm³/mol. The molecule has 2 unspecified atom stereocenters. The lowest BCUT2D eigenvalue weighted by Gasteiger charge is -2.39. The molecule has 8 heteroatoms. The predicted octanol–water partition coefficient (Wildman–Crippen LogP) is -1.72. The van der Waals surface area contributed by atoms with E-state index in [4.69, 9.17) is 10.2 Å². The molecule has 2 N–H and O–H groups in total. The first-order valence-corrected chi connectivity index (χ1v) is 8.53. The van der Waals surface area contributed by atoms with Crippen molar-refractivity contribution in [1.82, 2.24) is 19.6 Å². The first kappa shape index (κ1) is 20.8. The third kappa shape index (κ3) is 5.41. The highest BCUT2D eigenvalue weighted by Gasteiger charge is 2.30. The molecule has 1 aliphatic rings. The second-order valence-electron chi connectivity index (χ2n) is 6.41. The minimum atomic E-state index is -0.283. The van der Waals surface area contributed by atoms with Gasteiger partial charge < -0.3 is 20.0 Å². The smallest absolute Gasteiger partial charge is 0.239 e. The molecule has 140 valence electrons. The minimum absolute atomic E-state index is 0.0235. The molecule has 0 radical (unpaired) electrons. The Morgan fingerprint density at radius 2 is 1.12 bits per heavy atom. The molecule has 8 nitrogen and oxygen atoms in total. The van der Waals surface area contributed by atoms with Gasteiger partial charge in [-0.2, -0.15) is 0 Å². The molecular formula is C16H32N4O4. The van der Waals surface area contributed by atoms with E-state index in [2.05, 4.69) is 0 Å². The first-order chi connectivity index (χ1) is 11.3. The number of carbonyl (C=O) groups is 2. The fraction of sp³-hybridized carbons (Fsp3) is 0.875. The van der Waals surface area contributed by atoms with E-state index in [0.29, 0.717) is 39.3 Å². The van der Waals surface area contributed by atoms with Crippen molar-refractivity contribution in [2.24, 2.45) is 0 Å². The van der Waals surface area contributed by atoms with Crippen LogP contribution in [0.4, 0.5) is 0 Å². The number of piperazine rings is 1. The zero-order chi connectivity index (χ0) is 18.3. The van der Waals surface area contributed by atoms with Crippen LogP contribution in [-0.2, 0) is 9.59 Å². The molecule has 0 saturated carbocycles. The van der Waals surface area contributed by atoms with Crippen molar-refractivity contribution < 1.29 is 19.8 Å². The summed E-state index contributed by atoms with van der Waals surface area (Å²) in [7, 11) is 3.63. The maximum absolute atomic E-state index is 12.5. The molecule has 2 amide bonds. The van der Waals surface area contributed by atoms with E-state index < -0.39 is 0 Å². The van der Waals surface area contributed by atoms with Gasteiger partial charge in [0, 0.05) is 39.3 Å². The van der Waals surface area contributed by atoms with Crippen molar-refractivity contribution >= 4 is 11.8 Å². The van der Waals surface area contributed by atoms with Gasteiger partial charge in [-0.3, -0.25) is 19.4 Å². The summed E-state index contributed by atoms with van der Waals surface area (Å²) in [5.41, 5.74) is 0. The number of rotatable bonds is 8. The minimum Gasteiger partial charge on any atom is -0.395 e. The lowest BCUT2D eigenvalue weighted by Crippen LogP contribution is -2.57. The Bertz CT molecular complexity index is 375. The third-order valence-corrected chi connectivity index (χ3v) is 4.85. The molecule has 0 bridgehead atoms. The summed E-state index contributed by atoms with van der Waals surface area (Å²) in [6, 6.07) is -0.567. The molecule has 1 fully saturated rings. The number of amides is 2. The molecule has 24 heavy (non-hydrogen) atoms. The number of hydrogen-bond donors (Lipinski definition) is 2. The summed E-state index contributed by atoms with van der Waals surface area (Å²) >= 11 is 0. The number of hydrogen-bond acceptors (Lipinski definition) is 6. The lowest BCUT2D eigenvalue weighted by atomic mass is 10.2. The summed E-state index contributed by atoms with van der Waals surface area (Å²) < 4.78 is 0. The van der Waals surface area contributed by atoms with Gasteiger partial charge in [-0.1, -0.05) is 0 Å². The zero-order valence-electron chi connectivity index (χ0n) is 15.3. The van der Waals surface area contributed by atoms with Gasteiger partial charge in [0.1, 0.15) is 0 Å². The zero-order valence-corrected chi connectivity index (χ0v) is 15.3. The molecule has 1 rings (SSSR count). The van der Waals surface area contributed by atoms with Crippen molar-refractivity contribution in [2.45, 2.75) is 25.9 Å². The molecule has 1 aliphatic heterocycles. The van der Waals surface area contributed by atoms with Crippen LogP contribution >= 0.6 is 0 Å². The second-order valence-corrected chi connectivity index (χ2v) is 6.41. The van der Waals surface area contributed by atoms with Crippen LogP contribution in [-0.4, -0.2) is 120 Å².